The third kappa shape index (κ3) is 2.49. The van der Waals surface area contributed by atoms with Gasteiger partial charge in [0.2, 0.25) is 0 Å². The Hall–Kier alpha value is -3.29. The van der Waals surface area contributed by atoms with Crippen LogP contribution < -0.4 is 0 Å². The van der Waals surface area contributed by atoms with Gasteiger partial charge in [0.15, 0.2) is 5.82 Å². The molecule has 2 bridgehead atoms. The lowest BCUT2D eigenvalue weighted by Gasteiger charge is -2.47. The SMILES string of the molecule is O=C(O)[C@H]1C2CCC(CC2)[C@@H]1n1ccc2cnc(-c3c[nH]c4ncc(F)cc34)nc21. The van der Waals surface area contributed by atoms with Crippen molar-refractivity contribution in [2.24, 2.45) is 17.8 Å². The summed E-state index contributed by atoms with van der Waals surface area (Å²) in [5.41, 5.74) is 1.97. The van der Waals surface area contributed by atoms with Gasteiger partial charge >= 0.3 is 5.97 Å². The first-order chi connectivity index (χ1) is 14.6. The Labute approximate surface area is 171 Å². The van der Waals surface area contributed by atoms with Crippen molar-refractivity contribution in [1.29, 1.82) is 0 Å². The molecule has 0 spiro atoms. The molecule has 2 N–H and O–H groups in total. The normalized spacial score (nSPS) is 25.9. The monoisotopic (exact) mass is 405 g/mol. The van der Waals surface area contributed by atoms with E-state index in [0.29, 0.717) is 28.3 Å². The third-order valence-corrected chi connectivity index (χ3v) is 6.98. The average molecular weight is 405 g/mol. The van der Waals surface area contributed by atoms with Crippen LogP contribution in [-0.4, -0.2) is 35.6 Å². The van der Waals surface area contributed by atoms with Crippen LogP contribution in [0, 0.1) is 23.6 Å². The first kappa shape index (κ1) is 17.6. The number of hydrogen-bond acceptors (Lipinski definition) is 4. The molecule has 2 atom stereocenters. The number of nitrogens with zero attached hydrogens (tertiary/aromatic N) is 4. The van der Waals surface area contributed by atoms with Gasteiger partial charge in [0.1, 0.15) is 17.1 Å². The van der Waals surface area contributed by atoms with E-state index >= 15 is 0 Å². The van der Waals surface area contributed by atoms with Gasteiger partial charge in [0.25, 0.3) is 0 Å². The highest BCUT2D eigenvalue weighted by atomic mass is 19.1. The molecule has 4 aromatic rings. The van der Waals surface area contributed by atoms with Crippen molar-refractivity contribution < 1.29 is 14.3 Å². The number of carboxylic acid groups (broad SMARTS) is 1. The van der Waals surface area contributed by atoms with E-state index in [4.69, 9.17) is 4.98 Å². The summed E-state index contributed by atoms with van der Waals surface area (Å²) in [6.07, 6.45) is 10.7. The molecule has 0 aromatic carbocycles. The highest BCUT2D eigenvalue weighted by Gasteiger charge is 2.48. The molecule has 3 aliphatic carbocycles. The first-order valence-electron chi connectivity index (χ1n) is 10.3. The predicted molar refractivity (Wildman–Crippen MR) is 108 cm³/mol. The molecular formula is C22H20FN5O2. The van der Waals surface area contributed by atoms with Gasteiger partial charge < -0.3 is 14.7 Å². The fourth-order valence-electron chi connectivity index (χ4n) is 5.64. The summed E-state index contributed by atoms with van der Waals surface area (Å²) in [5, 5.41) is 11.4. The van der Waals surface area contributed by atoms with Gasteiger partial charge in [-0.3, -0.25) is 4.79 Å². The van der Waals surface area contributed by atoms with Gasteiger partial charge in [-0.15, -0.1) is 0 Å². The Morgan fingerprint density at radius 3 is 2.77 bits per heavy atom. The summed E-state index contributed by atoms with van der Waals surface area (Å²) in [5.74, 6) is -0.499. The maximum atomic E-state index is 13.7. The van der Waals surface area contributed by atoms with E-state index in [1.165, 1.54) is 12.3 Å². The number of aromatic amines is 1. The number of rotatable bonds is 3. The predicted octanol–water partition coefficient (Wildman–Crippen LogP) is 4.18. The molecule has 3 fully saturated rings. The quantitative estimate of drug-likeness (QED) is 0.533. The van der Waals surface area contributed by atoms with Crippen LogP contribution in [0.5, 0.6) is 0 Å². The molecule has 0 unspecified atom stereocenters. The zero-order chi connectivity index (χ0) is 20.4. The number of pyridine rings is 1. The molecule has 0 saturated heterocycles. The van der Waals surface area contributed by atoms with Crippen molar-refractivity contribution in [3.05, 3.63) is 42.7 Å². The summed E-state index contributed by atoms with van der Waals surface area (Å²) in [6.45, 7) is 0. The van der Waals surface area contributed by atoms with Crippen molar-refractivity contribution >= 4 is 28.0 Å². The van der Waals surface area contributed by atoms with E-state index in [1.807, 2.05) is 16.8 Å². The van der Waals surface area contributed by atoms with Crippen LogP contribution in [0.3, 0.4) is 0 Å². The fourth-order valence-corrected chi connectivity index (χ4v) is 5.64. The molecule has 152 valence electrons. The highest BCUT2D eigenvalue weighted by molar-refractivity contribution is 5.92. The lowest BCUT2D eigenvalue weighted by molar-refractivity contribution is -0.151. The number of H-pyrrole nitrogens is 1. The second-order valence-electron chi connectivity index (χ2n) is 8.48. The average Bonchev–Trinajstić information content (AvgIpc) is 3.37. The summed E-state index contributed by atoms with van der Waals surface area (Å²) in [4.78, 5) is 28.5. The Bertz CT molecular complexity index is 1290. The molecule has 0 amide bonds. The van der Waals surface area contributed by atoms with Gasteiger partial charge in [0, 0.05) is 34.9 Å². The number of hydrogen-bond donors (Lipinski definition) is 2. The van der Waals surface area contributed by atoms with Crippen LogP contribution >= 0.6 is 0 Å². The van der Waals surface area contributed by atoms with Gasteiger partial charge in [-0.1, -0.05) is 0 Å². The molecular weight excluding hydrogens is 385 g/mol. The number of aliphatic carboxylic acids is 1. The van der Waals surface area contributed by atoms with Crippen molar-refractivity contribution in [3.8, 4) is 11.4 Å². The molecule has 7 rings (SSSR count). The summed E-state index contributed by atoms with van der Waals surface area (Å²) in [7, 11) is 0. The molecule has 3 saturated carbocycles. The van der Waals surface area contributed by atoms with Crippen LogP contribution in [0.1, 0.15) is 31.7 Å². The van der Waals surface area contributed by atoms with Crippen molar-refractivity contribution in [2.45, 2.75) is 31.7 Å². The van der Waals surface area contributed by atoms with Crippen molar-refractivity contribution in [3.63, 3.8) is 0 Å². The van der Waals surface area contributed by atoms with Crippen LogP contribution in [0.4, 0.5) is 4.39 Å². The smallest absolute Gasteiger partial charge is 0.308 e. The maximum Gasteiger partial charge on any atom is 0.308 e. The highest BCUT2D eigenvalue weighted by Crippen LogP contribution is 2.52. The first-order valence-corrected chi connectivity index (χ1v) is 10.3. The van der Waals surface area contributed by atoms with Gasteiger partial charge in [-0.2, -0.15) is 0 Å². The standard InChI is InChI=1S/C22H20FN5O2/c23-14-7-15-16(10-26-19(15)25-9-14)20-24-8-13-5-6-28(21(13)27-20)18-12-3-1-11(2-4-12)17(18)22(29)30/h5-12,17-18H,1-4H2,(H,25,26)(H,29,30)/t11?,12?,17-,18-/m0/s1. The molecule has 4 aromatic heterocycles. The molecule has 7 nitrogen and oxygen atoms in total. The summed E-state index contributed by atoms with van der Waals surface area (Å²) < 4.78 is 15.8. The molecule has 8 heteroatoms. The number of fused-ring (bicyclic) bond motifs is 5. The van der Waals surface area contributed by atoms with Crippen molar-refractivity contribution in [1.82, 2.24) is 24.5 Å². The molecule has 0 radical (unpaired) electrons. The molecule has 0 aliphatic heterocycles. The van der Waals surface area contributed by atoms with E-state index < -0.39 is 17.7 Å². The van der Waals surface area contributed by atoms with Gasteiger partial charge in [0.05, 0.1) is 18.2 Å². The minimum absolute atomic E-state index is 0.0997. The minimum atomic E-state index is -0.719. The van der Waals surface area contributed by atoms with E-state index in [9.17, 15) is 14.3 Å². The van der Waals surface area contributed by atoms with Gasteiger partial charge in [-0.25, -0.2) is 19.3 Å². The number of carbonyl (C=O) groups is 1. The second kappa shape index (κ2) is 6.35. The molecule has 4 heterocycles. The van der Waals surface area contributed by atoms with E-state index in [1.54, 1.807) is 12.4 Å². The van der Waals surface area contributed by atoms with Gasteiger partial charge in [-0.05, 0) is 49.7 Å². The number of carboxylic acids is 1. The summed E-state index contributed by atoms with van der Waals surface area (Å²) in [6, 6.07) is 3.26. The maximum absolute atomic E-state index is 13.7. The zero-order valence-corrected chi connectivity index (χ0v) is 16.1. The minimum Gasteiger partial charge on any atom is -0.481 e. The van der Waals surface area contributed by atoms with E-state index in [-0.39, 0.29) is 12.0 Å². The lowest BCUT2D eigenvalue weighted by atomic mass is 9.61. The third-order valence-electron chi connectivity index (χ3n) is 6.98. The Kier molecular flexibility index (Phi) is 3.72. The fraction of sp³-hybridized carbons (Fsp3) is 0.364. The summed E-state index contributed by atoms with van der Waals surface area (Å²) >= 11 is 0. The second-order valence-corrected chi connectivity index (χ2v) is 8.48. The van der Waals surface area contributed by atoms with E-state index in [2.05, 4.69) is 15.0 Å². The Morgan fingerprint density at radius 1 is 1.17 bits per heavy atom. The lowest BCUT2D eigenvalue weighted by Crippen LogP contribution is -2.44. The van der Waals surface area contributed by atoms with E-state index in [0.717, 1.165) is 36.7 Å². The molecule has 30 heavy (non-hydrogen) atoms. The zero-order valence-electron chi connectivity index (χ0n) is 16.1. The molecule has 3 aliphatic rings. The topological polar surface area (TPSA) is 96.7 Å². The van der Waals surface area contributed by atoms with Crippen LogP contribution in [-0.2, 0) is 4.79 Å². The Morgan fingerprint density at radius 2 is 1.97 bits per heavy atom. The van der Waals surface area contributed by atoms with Crippen molar-refractivity contribution in [2.75, 3.05) is 0 Å². The van der Waals surface area contributed by atoms with Crippen LogP contribution in [0.15, 0.2) is 36.9 Å². The number of halogens is 1. The van der Waals surface area contributed by atoms with Crippen LogP contribution in [0.2, 0.25) is 0 Å². The number of nitrogens with one attached hydrogen (secondary N) is 1. The van der Waals surface area contributed by atoms with Crippen LogP contribution in [0.25, 0.3) is 33.5 Å². The number of aromatic nitrogens is 5. The largest absolute Gasteiger partial charge is 0.481 e. The Balaban J connectivity index is 1.50.